The van der Waals surface area contributed by atoms with E-state index in [4.69, 9.17) is 18.6 Å². The van der Waals surface area contributed by atoms with Gasteiger partial charge in [-0.15, -0.1) is 0 Å². The summed E-state index contributed by atoms with van der Waals surface area (Å²) in [5.41, 5.74) is 2.98. The van der Waals surface area contributed by atoms with Crippen molar-refractivity contribution in [2.75, 3.05) is 27.1 Å². The van der Waals surface area contributed by atoms with E-state index in [0.717, 1.165) is 5.75 Å². The van der Waals surface area contributed by atoms with Crippen molar-refractivity contribution in [2.45, 2.75) is 64.8 Å². The molecule has 1 aromatic rings. The summed E-state index contributed by atoms with van der Waals surface area (Å²) >= 11 is 0. The highest BCUT2D eigenvalue weighted by Crippen LogP contribution is 2.42. The van der Waals surface area contributed by atoms with Gasteiger partial charge in [0.05, 0.1) is 19.8 Å². The molecule has 144 valence electrons. The van der Waals surface area contributed by atoms with E-state index in [1.54, 1.807) is 7.11 Å². The maximum atomic E-state index is 6.62. The van der Waals surface area contributed by atoms with E-state index in [2.05, 4.69) is 53.7 Å². The molecule has 0 N–H and O–H groups in total. The standard InChI is InChI=1S/C20H36O4Si/c1-16(2)25(17(3)4,18(5)6)24-14-19-8-10-20(11-9-19)23-15-22-13-12-21-7/h8-11,16-18H,12-15H2,1-7H3. The molecule has 0 aliphatic heterocycles. The molecular formula is C20H36O4Si. The van der Waals surface area contributed by atoms with Crippen LogP contribution in [0.5, 0.6) is 5.75 Å². The van der Waals surface area contributed by atoms with Gasteiger partial charge in [-0.3, -0.25) is 0 Å². The first-order valence-electron chi connectivity index (χ1n) is 9.26. The first kappa shape index (κ1) is 22.2. The molecule has 0 heterocycles. The lowest BCUT2D eigenvalue weighted by Gasteiger charge is -2.42. The second-order valence-electron chi connectivity index (χ2n) is 7.41. The van der Waals surface area contributed by atoms with Crippen molar-refractivity contribution in [3.63, 3.8) is 0 Å². The van der Waals surface area contributed by atoms with Crippen LogP contribution in [0.15, 0.2) is 24.3 Å². The van der Waals surface area contributed by atoms with Gasteiger partial charge in [-0.1, -0.05) is 53.7 Å². The highest BCUT2D eigenvalue weighted by Gasteiger charge is 2.44. The normalized spacial score (nSPS) is 12.4. The molecule has 0 unspecified atom stereocenters. The molecule has 0 fully saturated rings. The van der Waals surface area contributed by atoms with Crippen LogP contribution >= 0.6 is 0 Å². The van der Waals surface area contributed by atoms with Crippen LogP contribution in [0.1, 0.15) is 47.1 Å². The average molecular weight is 369 g/mol. The fourth-order valence-corrected chi connectivity index (χ4v) is 9.12. The summed E-state index contributed by atoms with van der Waals surface area (Å²) in [7, 11) is -0.168. The van der Waals surface area contributed by atoms with Gasteiger partial charge in [-0.05, 0) is 34.3 Å². The Labute approximate surface area is 154 Å². The molecule has 0 saturated carbocycles. The van der Waals surface area contributed by atoms with Crippen molar-refractivity contribution >= 4 is 8.32 Å². The van der Waals surface area contributed by atoms with Crippen molar-refractivity contribution in [2.24, 2.45) is 0 Å². The third kappa shape index (κ3) is 6.41. The molecule has 0 aliphatic carbocycles. The second-order valence-corrected chi connectivity index (χ2v) is 12.9. The van der Waals surface area contributed by atoms with Crippen LogP contribution in [0.25, 0.3) is 0 Å². The predicted octanol–water partition coefficient (Wildman–Crippen LogP) is 5.38. The smallest absolute Gasteiger partial charge is 0.200 e. The summed E-state index contributed by atoms with van der Waals surface area (Å²) in [6.07, 6.45) is 0. The first-order valence-corrected chi connectivity index (χ1v) is 11.4. The van der Waals surface area contributed by atoms with Crippen LogP contribution in [0.2, 0.25) is 16.6 Å². The summed E-state index contributed by atoms with van der Waals surface area (Å²) in [5, 5.41) is 0. The first-order chi connectivity index (χ1) is 11.8. The van der Waals surface area contributed by atoms with Gasteiger partial charge in [-0.2, -0.15) is 0 Å². The molecule has 0 aliphatic rings. The number of hydrogen-bond acceptors (Lipinski definition) is 4. The van der Waals surface area contributed by atoms with Crippen LogP contribution in [-0.4, -0.2) is 35.4 Å². The molecule has 0 bridgehead atoms. The molecule has 0 saturated heterocycles. The Morgan fingerprint density at radius 1 is 0.840 bits per heavy atom. The van der Waals surface area contributed by atoms with Crippen molar-refractivity contribution in [1.82, 2.24) is 0 Å². The number of rotatable bonds is 12. The van der Waals surface area contributed by atoms with Crippen LogP contribution in [0, 0.1) is 0 Å². The van der Waals surface area contributed by atoms with Gasteiger partial charge in [0.25, 0.3) is 0 Å². The Balaban J connectivity index is 2.59. The van der Waals surface area contributed by atoms with Crippen molar-refractivity contribution in [3.8, 4) is 5.75 Å². The molecule has 0 atom stereocenters. The fraction of sp³-hybridized carbons (Fsp3) is 0.700. The lowest BCUT2D eigenvalue weighted by atomic mass is 10.2. The van der Waals surface area contributed by atoms with Crippen LogP contribution in [0.4, 0.5) is 0 Å². The van der Waals surface area contributed by atoms with E-state index >= 15 is 0 Å². The Bertz CT molecular complexity index is 449. The van der Waals surface area contributed by atoms with Crippen LogP contribution in [-0.2, 0) is 20.5 Å². The van der Waals surface area contributed by atoms with Gasteiger partial charge in [0.2, 0.25) is 8.32 Å². The lowest BCUT2D eigenvalue weighted by Crippen LogP contribution is -2.47. The van der Waals surface area contributed by atoms with E-state index in [1.165, 1.54) is 5.56 Å². The van der Waals surface area contributed by atoms with Crippen molar-refractivity contribution in [3.05, 3.63) is 29.8 Å². The Morgan fingerprint density at radius 3 is 1.88 bits per heavy atom. The zero-order valence-corrected chi connectivity index (χ0v) is 18.0. The monoisotopic (exact) mass is 368 g/mol. The Hall–Kier alpha value is -0.883. The SMILES string of the molecule is COCCOCOc1ccc(CO[Si](C(C)C)(C(C)C)C(C)C)cc1. The number of ether oxygens (including phenoxy) is 3. The van der Waals surface area contributed by atoms with E-state index in [9.17, 15) is 0 Å². The van der Waals surface area contributed by atoms with Gasteiger partial charge in [0.1, 0.15) is 5.75 Å². The van der Waals surface area contributed by atoms with Gasteiger partial charge >= 0.3 is 0 Å². The van der Waals surface area contributed by atoms with E-state index < -0.39 is 8.32 Å². The Morgan fingerprint density at radius 2 is 1.40 bits per heavy atom. The summed E-state index contributed by atoms with van der Waals surface area (Å²) < 4.78 is 22.4. The maximum absolute atomic E-state index is 6.62. The van der Waals surface area contributed by atoms with Gasteiger partial charge in [-0.25, -0.2) is 0 Å². The van der Waals surface area contributed by atoms with Gasteiger partial charge in [0.15, 0.2) is 6.79 Å². The highest BCUT2D eigenvalue weighted by molar-refractivity contribution is 6.77. The minimum atomic E-state index is -1.82. The Kier molecular flexibility index (Phi) is 9.72. The second kappa shape index (κ2) is 11.0. The average Bonchev–Trinajstić information content (AvgIpc) is 2.55. The van der Waals surface area contributed by atoms with Crippen molar-refractivity contribution < 1.29 is 18.6 Å². The number of hydrogen-bond donors (Lipinski definition) is 0. The minimum absolute atomic E-state index is 0.239. The minimum Gasteiger partial charge on any atom is -0.468 e. The molecule has 1 aromatic carbocycles. The molecule has 0 spiro atoms. The largest absolute Gasteiger partial charge is 0.468 e. The zero-order valence-electron chi connectivity index (χ0n) is 17.0. The van der Waals surface area contributed by atoms with Gasteiger partial charge < -0.3 is 18.6 Å². The molecule has 1 rings (SSSR count). The molecular weight excluding hydrogens is 332 g/mol. The van der Waals surface area contributed by atoms with Gasteiger partial charge in [0, 0.05) is 7.11 Å². The summed E-state index contributed by atoms with van der Waals surface area (Å²) in [6.45, 7) is 15.9. The van der Waals surface area contributed by atoms with Crippen LogP contribution < -0.4 is 4.74 Å². The summed E-state index contributed by atoms with van der Waals surface area (Å²) in [5.74, 6) is 0.807. The third-order valence-electron chi connectivity index (χ3n) is 4.86. The van der Waals surface area contributed by atoms with E-state index in [-0.39, 0.29) is 6.79 Å². The van der Waals surface area contributed by atoms with E-state index in [0.29, 0.717) is 36.4 Å². The summed E-state index contributed by atoms with van der Waals surface area (Å²) in [4.78, 5) is 0. The molecule has 5 heteroatoms. The predicted molar refractivity (Wildman–Crippen MR) is 106 cm³/mol. The number of benzene rings is 1. The third-order valence-corrected chi connectivity index (χ3v) is 10.9. The quantitative estimate of drug-likeness (QED) is 0.282. The van der Waals surface area contributed by atoms with E-state index in [1.807, 2.05) is 12.1 Å². The van der Waals surface area contributed by atoms with Crippen LogP contribution in [0.3, 0.4) is 0 Å². The fourth-order valence-electron chi connectivity index (χ4n) is 3.70. The molecule has 0 amide bonds. The molecule has 0 aromatic heterocycles. The van der Waals surface area contributed by atoms with Crippen molar-refractivity contribution in [1.29, 1.82) is 0 Å². The molecule has 0 radical (unpaired) electrons. The summed E-state index contributed by atoms with van der Waals surface area (Å²) in [6, 6.07) is 8.10. The molecule has 4 nitrogen and oxygen atoms in total. The lowest BCUT2D eigenvalue weighted by molar-refractivity contribution is -0.00848. The zero-order chi connectivity index (χ0) is 18.9. The molecule has 25 heavy (non-hydrogen) atoms. The topological polar surface area (TPSA) is 36.9 Å². The maximum Gasteiger partial charge on any atom is 0.200 e. The highest BCUT2D eigenvalue weighted by atomic mass is 28.4. The number of methoxy groups -OCH3 is 1.